The average Bonchev–Trinajstić information content (AvgIpc) is 2.94. The van der Waals surface area contributed by atoms with Crippen LogP contribution >= 0.6 is 11.3 Å². The zero-order chi connectivity index (χ0) is 18.7. The minimum Gasteiger partial charge on any atom is -0.347 e. The van der Waals surface area contributed by atoms with Gasteiger partial charge in [0.2, 0.25) is 0 Å². The Balaban J connectivity index is 1.75. The van der Waals surface area contributed by atoms with Gasteiger partial charge in [-0.3, -0.25) is 9.59 Å². The van der Waals surface area contributed by atoms with E-state index in [1.807, 2.05) is 26.8 Å². The highest BCUT2D eigenvalue weighted by atomic mass is 32.1. The van der Waals surface area contributed by atoms with Gasteiger partial charge in [0, 0.05) is 17.6 Å². The molecule has 1 aliphatic rings. The van der Waals surface area contributed by atoms with Gasteiger partial charge in [0.05, 0.1) is 17.2 Å². The van der Waals surface area contributed by atoms with Crippen LogP contribution in [0.3, 0.4) is 0 Å². The second kappa shape index (κ2) is 8.14. The van der Waals surface area contributed by atoms with Gasteiger partial charge in [0.1, 0.15) is 5.56 Å². The van der Waals surface area contributed by atoms with Crippen LogP contribution in [0.2, 0.25) is 0 Å². The summed E-state index contributed by atoms with van der Waals surface area (Å²) in [7, 11) is 0. The number of hydrogen-bond donors (Lipinski definition) is 2. The third-order valence-corrected chi connectivity index (χ3v) is 5.94. The van der Waals surface area contributed by atoms with Crippen molar-refractivity contribution >= 4 is 17.2 Å². The fourth-order valence-electron chi connectivity index (χ4n) is 3.43. The Bertz CT molecular complexity index is 850. The highest BCUT2D eigenvalue weighted by Gasteiger charge is 2.19. The number of piperidine rings is 1. The summed E-state index contributed by atoms with van der Waals surface area (Å²) in [5.41, 5.74) is 1.68. The van der Waals surface area contributed by atoms with Crippen molar-refractivity contribution in [2.24, 2.45) is 5.92 Å². The lowest BCUT2D eigenvalue weighted by Gasteiger charge is -2.23. The second-order valence-electron chi connectivity index (χ2n) is 6.97. The molecule has 0 aliphatic carbocycles. The van der Waals surface area contributed by atoms with Gasteiger partial charge in [-0.15, -0.1) is 11.3 Å². The molecular weight excluding hydrogens is 348 g/mol. The van der Waals surface area contributed by atoms with Crippen molar-refractivity contribution in [2.75, 3.05) is 13.1 Å². The van der Waals surface area contributed by atoms with Crippen molar-refractivity contribution in [1.29, 1.82) is 0 Å². The van der Waals surface area contributed by atoms with E-state index in [1.165, 1.54) is 0 Å². The van der Waals surface area contributed by atoms with E-state index < -0.39 is 0 Å². The lowest BCUT2D eigenvalue weighted by molar-refractivity contribution is 0.0948. The minimum atomic E-state index is -0.311. The predicted octanol–water partition coefficient (Wildman–Crippen LogP) is 2.16. The van der Waals surface area contributed by atoms with Crippen molar-refractivity contribution in [1.82, 2.24) is 20.2 Å². The number of aryl methyl sites for hydroxylation is 3. The maximum Gasteiger partial charge on any atom is 0.263 e. The van der Waals surface area contributed by atoms with Crippen LogP contribution in [-0.2, 0) is 13.1 Å². The molecule has 1 fully saturated rings. The lowest BCUT2D eigenvalue weighted by Crippen LogP contribution is -2.37. The Morgan fingerprint density at radius 2 is 2.23 bits per heavy atom. The maximum absolute atomic E-state index is 12.9. The first-order valence-electron chi connectivity index (χ1n) is 9.07. The molecule has 0 radical (unpaired) electrons. The fraction of sp³-hybridized carbons (Fsp3) is 0.526. The summed E-state index contributed by atoms with van der Waals surface area (Å²) in [6.07, 6.45) is 4.05. The number of carbonyl (C=O) groups is 1. The minimum absolute atomic E-state index is 0.203. The number of thiazole rings is 1. The first-order valence-corrected chi connectivity index (χ1v) is 9.89. The summed E-state index contributed by atoms with van der Waals surface area (Å²) < 4.78 is 1.68. The van der Waals surface area contributed by atoms with Crippen LogP contribution < -0.4 is 16.2 Å². The Kier molecular flexibility index (Phi) is 5.88. The molecule has 1 unspecified atom stereocenters. The van der Waals surface area contributed by atoms with E-state index in [4.69, 9.17) is 0 Å². The normalized spacial score (nSPS) is 17.3. The lowest BCUT2D eigenvalue weighted by atomic mass is 9.99. The van der Waals surface area contributed by atoms with Gasteiger partial charge in [-0.2, -0.15) is 0 Å². The predicted molar refractivity (Wildman–Crippen MR) is 104 cm³/mol. The monoisotopic (exact) mass is 374 g/mol. The van der Waals surface area contributed by atoms with Crippen LogP contribution in [0.4, 0.5) is 0 Å². The number of rotatable bonds is 5. The van der Waals surface area contributed by atoms with E-state index in [0.29, 0.717) is 24.6 Å². The van der Waals surface area contributed by atoms with Crippen LogP contribution in [0.25, 0.3) is 0 Å². The number of hydrogen-bond acceptors (Lipinski definition) is 5. The van der Waals surface area contributed by atoms with Gasteiger partial charge in [0.15, 0.2) is 0 Å². The van der Waals surface area contributed by atoms with Crippen LogP contribution in [0.1, 0.15) is 44.3 Å². The molecular formula is C19H26N4O2S. The molecule has 3 rings (SSSR count). The van der Waals surface area contributed by atoms with Gasteiger partial charge in [-0.1, -0.05) is 0 Å². The number of amides is 1. The van der Waals surface area contributed by atoms with E-state index in [-0.39, 0.29) is 17.0 Å². The van der Waals surface area contributed by atoms with Crippen LogP contribution in [0, 0.1) is 26.7 Å². The van der Waals surface area contributed by atoms with E-state index >= 15 is 0 Å². The molecule has 140 valence electrons. The molecule has 1 atom stereocenters. The number of nitrogens with one attached hydrogen (secondary N) is 2. The van der Waals surface area contributed by atoms with Crippen molar-refractivity contribution in [3.05, 3.63) is 49.3 Å². The fourth-order valence-corrected chi connectivity index (χ4v) is 4.31. The van der Waals surface area contributed by atoms with Crippen molar-refractivity contribution < 1.29 is 4.79 Å². The van der Waals surface area contributed by atoms with E-state index in [0.717, 1.165) is 41.5 Å². The average molecular weight is 375 g/mol. The van der Waals surface area contributed by atoms with E-state index in [2.05, 4.69) is 15.6 Å². The molecule has 2 aromatic rings. The smallest absolute Gasteiger partial charge is 0.263 e. The molecule has 3 heterocycles. The van der Waals surface area contributed by atoms with E-state index in [1.54, 1.807) is 22.1 Å². The van der Waals surface area contributed by atoms with Gasteiger partial charge in [-0.05, 0) is 64.3 Å². The molecule has 0 bridgehead atoms. The summed E-state index contributed by atoms with van der Waals surface area (Å²) in [4.78, 5) is 30.9. The van der Waals surface area contributed by atoms with Crippen molar-refractivity contribution in [2.45, 2.75) is 46.7 Å². The van der Waals surface area contributed by atoms with Gasteiger partial charge in [0.25, 0.3) is 11.5 Å². The van der Waals surface area contributed by atoms with Crippen LogP contribution in [-0.4, -0.2) is 28.5 Å². The maximum atomic E-state index is 12.9. The summed E-state index contributed by atoms with van der Waals surface area (Å²) in [6.45, 7) is 8.71. The number of aromatic nitrogens is 2. The SMILES string of the molecule is Cc1nc(C)c(CNC(=O)c2c(C)ccn(CC3CCCNC3)c2=O)s1. The Morgan fingerprint density at radius 1 is 1.42 bits per heavy atom. The standard InChI is InChI=1S/C19H26N4O2S/c1-12-6-8-23(11-15-5-4-7-20-9-15)19(25)17(12)18(24)21-10-16-13(2)22-14(3)26-16/h6,8,15,20H,4-5,7,9-11H2,1-3H3,(H,21,24). The molecule has 0 spiro atoms. The second-order valence-corrected chi connectivity index (χ2v) is 8.26. The third kappa shape index (κ3) is 4.22. The first-order chi connectivity index (χ1) is 12.5. The summed E-state index contributed by atoms with van der Waals surface area (Å²) >= 11 is 1.57. The molecule has 0 aromatic carbocycles. The highest BCUT2D eigenvalue weighted by Crippen LogP contribution is 2.17. The van der Waals surface area contributed by atoms with Crippen molar-refractivity contribution in [3.8, 4) is 0 Å². The van der Waals surface area contributed by atoms with Crippen molar-refractivity contribution in [3.63, 3.8) is 0 Å². The summed E-state index contributed by atoms with van der Waals surface area (Å²) in [6, 6.07) is 1.86. The zero-order valence-corrected chi connectivity index (χ0v) is 16.4. The molecule has 1 saturated heterocycles. The molecule has 1 aliphatic heterocycles. The topological polar surface area (TPSA) is 76.0 Å². The van der Waals surface area contributed by atoms with Gasteiger partial charge in [-0.25, -0.2) is 4.98 Å². The number of nitrogens with zero attached hydrogens (tertiary/aromatic N) is 2. The zero-order valence-electron chi connectivity index (χ0n) is 15.6. The molecule has 2 aromatic heterocycles. The van der Waals surface area contributed by atoms with Gasteiger partial charge >= 0.3 is 0 Å². The summed E-state index contributed by atoms with van der Waals surface area (Å²) in [5.74, 6) is 0.122. The molecule has 0 saturated carbocycles. The van der Waals surface area contributed by atoms with Crippen LogP contribution in [0.15, 0.2) is 17.1 Å². The molecule has 7 heteroatoms. The summed E-state index contributed by atoms with van der Waals surface area (Å²) in [5, 5.41) is 7.24. The molecule has 26 heavy (non-hydrogen) atoms. The molecule has 2 N–H and O–H groups in total. The Hall–Kier alpha value is -1.99. The Labute approximate surface area is 157 Å². The van der Waals surface area contributed by atoms with Gasteiger partial charge < -0.3 is 15.2 Å². The highest BCUT2D eigenvalue weighted by molar-refractivity contribution is 7.11. The Morgan fingerprint density at radius 3 is 2.88 bits per heavy atom. The quantitative estimate of drug-likeness (QED) is 0.841. The number of carbonyl (C=O) groups excluding carboxylic acids is 1. The largest absolute Gasteiger partial charge is 0.347 e. The van der Waals surface area contributed by atoms with Crippen LogP contribution in [0.5, 0.6) is 0 Å². The third-order valence-electron chi connectivity index (χ3n) is 4.86. The number of pyridine rings is 1. The first kappa shape index (κ1) is 18.8. The molecule has 6 nitrogen and oxygen atoms in total. The van der Waals surface area contributed by atoms with E-state index in [9.17, 15) is 9.59 Å². The molecule has 1 amide bonds.